The average molecular weight is 439 g/mol. The summed E-state index contributed by atoms with van der Waals surface area (Å²) in [5.74, 6) is 0. The number of aliphatic hydroxyl groups excluding tert-OH is 2. The molecule has 1 aliphatic rings. The van der Waals surface area contributed by atoms with E-state index in [9.17, 15) is 4.79 Å². The van der Waals surface area contributed by atoms with Gasteiger partial charge in [-0.25, -0.2) is 4.79 Å². The summed E-state index contributed by atoms with van der Waals surface area (Å²) in [7, 11) is 0. The van der Waals surface area contributed by atoms with Gasteiger partial charge in [0, 0.05) is 0 Å². The molecule has 1 aliphatic carbocycles. The predicted octanol–water partition coefficient (Wildman–Crippen LogP) is 4.00. The van der Waals surface area contributed by atoms with Crippen LogP contribution >= 0.6 is 69.6 Å². The van der Waals surface area contributed by atoms with E-state index in [1.54, 1.807) is 10.6 Å². The number of aliphatic hydroxyl groups is 2. The summed E-state index contributed by atoms with van der Waals surface area (Å²) in [6.07, 6.45) is 5.42. The third-order valence-corrected chi connectivity index (χ3v) is 3.90. The van der Waals surface area contributed by atoms with Crippen molar-refractivity contribution in [1.29, 1.82) is 0 Å². The molecule has 0 aromatic heterocycles. The third kappa shape index (κ3) is 11.5. The molecule has 2 amide bonds. The quantitative estimate of drug-likeness (QED) is 0.388. The number of alkyl halides is 6. The molecule has 2 unspecified atom stereocenters. The van der Waals surface area contributed by atoms with Crippen molar-refractivity contribution in [3.05, 3.63) is 0 Å². The molecule has 0 heterocycles. The van der Waals surface area contributed by atoms with E-state index in [0.29, 0.717) is 0 Å². The van der Waals surface area contributed by atoms with Gasteiger partial charge in [0.1, 0.15) is 0 Å². The van der Waals surface area contributed by atoms with E-state index >= 15 is 0 Å². The fourth-order valence-corrected chi connectivity index (χ4v) is 1.84. The van der Waals surface area contributed by atoms with E-state index in [1.165, 1.54) is 38.5 Å². The molecule has 4 N–H and O–H groups in total. The molecule has 1 fully saturated rings. The summed E-state index contributed by atoms with van der Waals surface area (Å²) < 4.78 is -4.25. The Morgan fingerprint density at radius 3 is 1.14 bits per heavy atom. The van der Waals surface area contributed by atoms with Crippen LogP contribution in [0.4, 0.5) is 4.79 Å². The maximum Gasteiger partial charge on any atom is 0.319 e. The lowest BCUT2D eigenvalue weighted by atomic mass is 10.0. The Balaban J connectivity index is 0.000000604. The molecule has 2 atom stereocenters. The fourth-order valence-electron chi connectivity index (χ4n) is 1.51. The van der Waals surface area contributed by atoms with Crippen molar-refractivity contribution in [3.63, 3.8) is 0 Å². The fraction of sp³-hybridized carbons (Fsp3) is 0.909. The molecule has 0 bridgehead atoms. The number of carbonyl (C=O) groups is 1. The molecule has 11 heteroatoms. The number of carbonyl (C=O) groups excluding carboxylic acids is 1. The number of rotatable bonds is 2. The van der Waals surface area contributed by atoms with Gasteiger partial charge in [0.25, 0.3) is 0 Å². The topological polar surface area (TPSA) is 81.6 Å². The number of hydrogen-bond acceptors (Lipinski definition) is 3. The zero-order chi connectivity index (χ0) is 17.4. The molecule has 132 valence electrons. The second kappa shape index (κ2) is 10.7. The second-order valence-electron chi connectivity index (χ2n) is 4.63. The van der Waals surface area contributed by atoms with Crippen LogP contribution in [0.25, 0.3) is 0 Å². The average Bonchev–Trinajstić information content (AvgIpc) is 2.39. The maximum atomic E-state index is 11.1. The lowest BCUT2D eigenvalue weighted by Crippen LogP contribution is -2.53. The second-order valence-corrected chi connectivity index (χ2v) is 9.37. The molecule has 0 spiro atoms. The van der Waals surface area contributed by atoms with Crippen LogP contribution in [0.2, 0.25) is 0 Å². The molecule has 0 aliphatic heterocycles. The number of nitrogens with one attached hydrogen (secondary N) is 2. The van der Waals surface area contributed by atoms with Crippen LogP contribution in [0.3, 0.4) is 0 Å². The highest BCUT2D eigenvalue weighted by Gasteiger charge is 2.35. The first-order chi connectivity index (χ1) is 9.94. The Morgan fingerprint density at radius 1 is 0.727 bits per heavy atom. The van der Waals surface area contributed by atoms with E-state index in [0.717, 1.165) is 0 Å². The number of halogens is 6. The van der Waals surface area contributed by atoms with Crippen molar-refractivity contribution >= 4 is 75.6 Å². The highest BCUT2D eigenvalue weighted by Crippen LogP contribution is 2.30. The molecular formula is C11H18Cl6N2O3. The van der Waals surface area contributed by atoms with Gasteiger partial charge >= 0.3 is 6.03 Å². The van der Waals surface area contributed by atoms with Gasteiger partial charge in [0.2, 0.25) is 7.59 Å². The van der Waals surface area contributed by atoms with Crippen LogP contribution in [0, 0.1) is 0 Å². The Kier molecular flexibility index (Phi) is 11.2. The summed E-state index contributed by atoms with van der Waals surface area (Å²) in [6.45, 7) is 0. The first-order valence-corrected chi connectivity index (χ1v) is 8.78. The lowest BCUT2D eigenvalue weighted by molar-refractivity contribution is 0.120. The Morgan fingerprint density at radius 2 is 0.955 bits per heavy atom. The van der Waals surface area contributed by atoms with Gasteiger partial charge < -0.3 is 20.8 Å². The minimum atomic E-state index is -2.12. The van der Waals surface area contributed by atoms with Crippen LogP contribution in [-0.4, -0.2) is 36.3 Å². The van der Waals surface area contributed by atoms with E-state index in [-0.39, 0.29) is 0 Å². The molecule has 0 aromatic carbocycles. The van der Waals surface area contributed by atoms with Gasteiger partial charge in [-0.05, 0) is 0 Å². The molecule has 22 heavy (non-hydrogen) atoms. The third-order valence-electron chi connectivity index (χ3n) is 2.66. The van der Waals surface area contributed by atoms with Crippen LogP contribution in [0.5, 0.6) is 0 Å². The number of amides is 2. The summed E-state index contributed by atoms with van der Waals surface area (Å²) in [5.41, 5.74) is 0. The van der Waals surface area contributed by atoms with Crippen LogP contribution in [0.15, 0.2) is 0 Å². The normalized spacial score (nSPS) is 18.5. The minimum absolute atomic E-state index is 1.09. The van der Waals surface area contributed by atoms with Gasteiger partial charge in [-0.2, -0.15) is 0 Å². The number of hydrogen-bond donors (Lipinski definition) is 4. The monoisotopic (exact) mass is 436 g/mol. The highest BCUT2D eigenvalue weighted by molar-refractivity contribution is 6.68. The van der Waals surface area contributed by atoms with Crippen molar-refractivity contribution in [2.45, 2.75) is 58.6 Å². The van der Waals surface area contributed by atoms with E-state index < -0.39 is 26.1 Å². The first-order valence-electron chi connectivity index (χ1n) is 6.51. The van der Waals surface area contributed by atoms with Gasteiger partial charge in [0.15, 0.2) is 12.5 Å². The van der Waals surface area contributed by atoms with Crippen molar-refractivity contribution in [1.82, 2.24) is 10.6 Å². The van der Waals surface area contributed by atoms with Gasteiger partial charge in [-0.3, -0.25) is 0 Å². The largest absolute Gasteiger partial charge is 0.369 e. The highest BCUT2D eigenvalue weighted by atomic mass is 35.6. The Bertz CT molecular complexity index is 295. The lowest BCUT2D eigenvalue weighted by Gasteiger charge is -2.23. The zero-order valence-electron chi connectivity index (χ0n) is 11.5. The molecule has 1 saturated carbocycles. The van der Waals surface area contributed by atoms with Crippen molar-refractivity contribution in [2.24, 2.45) is 0 Å². The SMILES string of the molecule is C1CCCCC1.O=C(NC(O)C(Cl)(Cl)Cl)NC(O)C(Cl)(Cl)Cl. The molecule has 5 nitrogen and oxygen atoms in total. The molecule has 0 radical (unpaired) electrons. The van der Waals surface area contributed by atoms with Crippen molar-refractivity contribution < 1.29 is 15.0 Å². The van der Waals surface area contributed by atoms with Gasteiger partial charge in [0.05, 0.1) is 0 Å². The standard InChI is InChI=1S/C6H12.C5H6Cl6N2O3/c1-2-4-6-5-3-1;6-4(7,8)1(14)12-3(16)13-2(15)5(9,10)11/h1-6H2;1-2,14-15H,(H2,12,13,16). The van der Waals surface area contributed by atoms with Crippen LogP contribution in [0.1, 0.15) is 38.5 Å². The Hall–Kier alpha value is 0.930. The van der Waals surface area contributed by atoms with E-state index in [2.05, 4.69) is 0 Å². The maximum absolute atomic E-state index is 11.1. The zero-order valence-corrected chi connectivity index (χ0v) is 16.0. The van der Waals surface area contributed by atoms with E-state index in [1.807, 2.05) is 0 Å². The summed E-state index contributed by atoms with van der Waals surface area (Å²) in [6, 6.07) is -1.09. The number of urea groups is 1. The molecular weight excluding hydrogens is 421 g/mol. The van der Waals surface area contributed by atoms with Crippen molar-refractivity contribution in [3.8, 4) is 0 Å². The molecule has 0 saturated heterocycles. The summed E-state index contributed by atoms with van der Waals surface area (Å²) in [5, 5.41) is 21.8. The summed E-state index contributed by atoms with van der Waals surface area (Å²) >= 11 is 31.5. The molecule has 0 aromatic rings. The van der Waals surface area contributed by atoms with E-state index in [4.69, 9.17) is 79.8 Å². The van der Waals surface area contributed by atoms with Crippen molar-refractivity contribution in [2.75, 3.05) is 0 Å². The van der Waals surface area contributed by atoms with Crippen LogP contribution < -0.4 is 10.6 Å². The smallest absolute Gasteiger partial charge is 0.319 e. The minimum Gasteiger partial charge on any atom is -0.369 e. The molecule has 1 rings (SSSR count). The van der Waals surface area contributed by atoms with Gasteiger partial charge in [-0.15, -0.1) is 0 Å². The van der Waals surface area contributed by atoms with Gasteiger partial charge in [-0.1, -0.05) is 108 Å². The Labute approximate surface area is 159 Å². The predicted molar refractivity (Wildman–Crippen MR) is 92.0 cm³/mol. The summed E-state index contributed by atoms with van der Waals surface area (Å²) in [4.78, 5) is 11.1. The van der Waals surface area contributed by atoms with Crippen LogP contribution in [-0.2, 0) is 0 Å². The first kappa shape index (κ1) is 22.9.